The molecule has 2 aliphatic rings. The van der Waals surface area contributed by atoms with Gasteiger partial charge in [-0.1, -0.05) is 0 Å². The summed E-state index contributed by atoms with van der Waals surface area (Å²) < 4.78 is 43.8. The minimum absolute atomic E-state index is 0.194. The number of halogens is 4. The molecular formula is C13H13BrF3NO. The lowest BCUT2D eigenvalue weighted by Crippen LogP contribution is -2.30. The number of hydrogen-bond donors (Lipinski definition) is 1. The first kappa shape index (κ1) is 13.2. The molecular weight excluding hydrogens is 323 g/mol. The normalized spacial score (nSPS) is 29.8. The number of alkyl halides is 3. The molecule has 0 aliphatic carbocycles. The van der Waals surface area contributed by atoms with Gasteiger partial charge in [0.05, 0.1) is 23.8 Å². The highest BCUT2D eigenvalue weighted by Crippen LogP contribution is 2.38. The van der Waals surface area contributed by atoms with Crippen LogP contribution in [0.2, 0.25) is 0 Å². The summed E-state index contributed by atoms with van der Waals surface area (Å²) >= 11 is 3.20. The first-order valence-corrected chi connectivity index (χ1v) is 7.01. The van der Waals surface area contributed by atoms with Gasteiger partial charge in [-0.3, -0.25) is 0 Å². The quantitative estimate of drug-likeness (QED) is 0.874. The molecule has 0 amide bonds. The molecule has 0 spiro atoms. The van der Waals surface area contributed by atoms with Gasteiger partial charge in [-0.05, 0) is 53.4 Å². The van der Waals surface area contributed by atoms with Crippen molar-refractivity contribution in [1.29, 1.82) is 0 Å². The molecule has 2 saturated heterocycles. The Morgan fingerprint density at radius 3 is 2.58 bits per heavy atom. The standard InChI is InChI=1S/C13H13BrF3NO/c14-9-5-7(13(15,16)17)1-3-10(9)18-11-6-8-2-4-12(11)19-8/h1,3,5,8,11-12,18H,2,4,6H2. The highest BCUT2D eigenvalue weighted by atomic mass is 79.9. The van der Waals surface area contributed by atoms with Crippen molar-refractivity contribution in [1.82, 2.24) is 0 Å². The number of nitrogens with one attached hydrogen (secondary N) is 1. The smallest absolute Gasteiger partial charge is 0.379 e. The van der Waals surface area contributed by atoms with Gasteiger partial charge in [0, 0.05) is 10.2 Å². The van der Waals surface area contributed by atoms with Gasteiger partial charge in [0.1, 0.15) is 0 Å². The van der Waals surface area contributed by atoms with Crippen LogP contribution in [0.5, 0.6) is 0 Å². The zero-order valence-corrected chi connectivity index (χ0v) is 11.6. The minimum Gasteiger partial charge on any atom is -0.379 e. The topological polar surface area (TPSA) is 21.3 Å². The zero-order chi connectivity index (χ0) is 13.6. The van der Waals surface area contributed by atoms with Crippen molar-refractivity contribution in [2.24, 2.45) is 0 Å². The molecule has 2 heterocycles. The third-order valence-electron chi connectivity index (χ3n) is 3.74. The van der Waals surface area contributed by atoms with Crippen LogP contribution in [0.25, 0.3) is 0 Å². The summed E-state index contributed by atoms with van der Waals surface area (Å²) in [6.07, 6.45) is -0.748. The van der Waals surface area contributed by atoms with E-state index in [-0.39, 0.29) is 12.1 Å². The van der Waals surface area contributed by atoms with E-state index in [1.807, 2.05) is 0 Å². The summed E-state index contributed by atoms with van der Waals surface area (Å²) in [4.78, 5) is 0. The Morgan fingerprint density at radius 2 is 2.05 bits per heavy atom. The van der Waals surface area contributed by atoms with E-state index in [1.165, 1.54) is 6.07 Å². The van der Waals surface area contributed by atoms with Crippen molar-refractivity contribution >= 4 is 21.6 Å². The molecule has 2 fully saturated rings. The Balaban J connectivity index is 1.75. The van der Waals surface area contributed by atoms with Crippen LogP contribution in [-0.4, -0.2) is 18.2 Å². The summed E-state index contributed by atoms with van der Waals surface area (Å²) in [5, 5.41) is 3.28. The van der Waals surface area contributed by atoms with Crippen LogP contribution in [0.3, 0.4) is 0 Å². The van der Waals surface area contributed by atoms with Crippen LogP contribution in [0, 0.1) is 0 Å². The van der Waals surface area contributed by atoms with Gasteiger partial charge < -0.3 is 10.1 Å². The van der Waals surface area contributed by atoms with Gasteiger partial charge in [0.2, 0.25) is 0 Å². The minimum atomic E-state index is -4.31. The van der Waals surface area contributed by atoms with Crippen LogP contribution < -0.4 is 5.32 Å². The van der Waals surface area contributed by atoms with Gasteiger partial charge in [0.15, 0.2) is 0 Å². The van der Waals surface area contributed by atoms with E-state index in [2.05, 4.69) is 21.2 Å². The monoisotopic (exact) mass is 335 g/mol. The Labute approximate surface area is 117 Å². The second-order valence-corrected chi connectivity index (χ2v) is 5.91. The van der Waals surface area contributed by atoms with Crippen LogP contribution in [0.15, 0.2) is 22.7 Å². The van der Waals surface area contributed by atoms with Gasteiger partial charge in [-0.2, -0.15) is 13.2 Å². The number of hydrogen-bond acceptors (Lipinski definition) is 2. The van der Waals surface area contributed by atoms with Crippen molar-refractivity contribution < 1.29 is 17.9 Å². The third-order valence-corrected chi connectivity index (χ3v) is 4.40. The Bertz CT molecular complexity index is 491. The molecule has 2 nitrogen and oxygen atoms in total. The second kappa shape index (κ2) is 4.66. The summed E-state index contributed by atoms with van der Waals surface area (Å²) in [7, 11) is 0. The third kappa shape index (κ3) is 2.60. The molecule has 3 unspecified atom stereocenters. The van der Waals surface area contributed by atoms with Crippen molar-refractivity contribution in [2.75, 3.05) is 5.32 Å². The molecule has 3 rings (SSSR count). The fourth-order valence-corrected chi connectivity index (χ4v) is 3.29. The lowest BCUT2D eigenvalue weighted by molar-refractivity contribution is -0.137. The van der Waals surface area contributed by atoms with Crippen molar-refractivity contribution in [3.8, 4) is 0 Å². The molecule has 0 saturated carbocycles. The summed E-state index contributed by atoms with van der Waals surface area (Å²) in [6, 6.07) is 3.88. The number of benzene rings is 1. The lowest BCUT2D eigenvalue weighted by Gasteiger charge is -2.22. The van der Waals surface area contributed by atoms with Crippen LogP contribution in [0.1, 0.15) is 24.8 Å². The molecule has 2 aliphatic heterocycles. The van der Waals surface area contributed by atoms with Gasteiger partial charge in [-0.15, -0.1) is 0 Å². The van der Waals surface area contributed by atoms with Crippen LogP contribution in [-0.2, 0) is 10.9 Å². The van der Waals surface area contributed by atoms with E-state index in [0.29, 0.717) is 16.3 Å². The molecule has 1 aromatic rings. The Kier molecular flexibility index (Phi) is 3.25. The van der Waals surface area contributed by atoms with Crippen molar-refractivity contribution in [3.63, 3.8) is 0 Å². The maximum Gasteiger partial charge on any atom is 0.416 e. The highest BCUT2D eigenvalue weighted by molar-refractivity contribution is 9.10. The predicted octanol–water partition coefficient (Wildman–Crippen LogP) is 4.20. The molecule has 6 heteroatoms. The van der Waals surface area contributed by atoms with E-state index in [9.17, 15) is 13.2 Å². The SMILES string of the molecule is FC(F)(F)c1ccc(NC2CC3CCC2O3)c(Br)c1. The molecule has 0 aromatic heterocycles. The van der Waals surface area contributed by atoms with Crippen molar-refractivity contribution in [3.05, 3.63) is 28.2 Å². The van der Waals surface area contributed by atoms with E-state index in [1.54, 1.807) is 0 Å². The van der Waals surface area contributed by atoms with Crippen molar-refractivity contribution in [2.45, 2.75) is 43.7 Å². The van der Waals surface area contributed by atoms with E-state index in [0.717, 1.165) is 31.4 Å². The van der Waals surface area contributed by atoms with Gasteiger partial charge >= 0.3 is 6.18 Å². The molecule has 104 valence electrons. The maximum atomic E-state index is 12.6. The number of anilines is 1. The largest absolute Gasteiger partial charge is 0.416 e. The summed E-state index contributed by atoms with van der Waals surface area (Å²) in [5.41, 5.74) is 0.0447. The van der Waals surface area contributed by atoms with Gasteiger partial charge in [-0.25, -0.2) is 0 Å². The Hall–Kier alpha value is -0.750. The van der Waals surface area contributed by atoms with Crippen LogP contribution in [0.4, 0.5) is 18.9 Å². The number of rotatable bonds is 2. The fraction of sp³-hybridized carbons (Fsp3) is 0.538. The molecule has 1 N–H and O–H groups in total. The zero-order valence-electron chi connectivity index (χ0n) is 10.0. The summed E-state index contributed by atoms with van der Waals surface area (Å²) in [6.45, 7) is 0. The molecule has 3 atom stereocenters. The lowest BCUT2D eigenvalue weighted by atomic mass is 9.95. The average Bonchev–Trinajstić information content (AvgIpc) is 2.92. The molecule has 1 aromatic carbocycles. The first-order valence-electron chi connectivity index (χ1n) is 6.22. The Morgan fingerprint density at radius 1 is 1.26 bits per heavy atom. The van der Waals surface area contributed by atoms with Crippen LogP contribution >= 0.6 is 15.9 Å². The van der Waals surface area contributed by atoms with E-state index in [4.69, 9.17) is 4.74 Å². The predicted molar refractivity (Wildman–Crippen MR) is 69.1 cm³/mol. The molecule has 2 bridgehead atoms. The fourth-order valence-electron chi connectivity index (χ4n) is 2.80. The van der Waals surface area contributed by atoms with Gasteiger partial charge in [0.25, 0.3) is 0 Å². The summed E-state index contributed by atoms with van der Waals surface area (Å²) in [5.74, 6) is 0. The first-order chi connectivity index (χ1) is 8.93. The van der Waals surface area contributed by atoms with E-state index < -0.39 is 11.7 Å². The maximum absolute atomic E-state index is 12.6. The number of ether oxygens (including phenoxy) is 1. The highest BCUT2D eigenvalue weighted by Gasteiger charge is 2.41. The molecule has 0 radical (unpaired) electrons. The molecule has 19 heavy (non-hydrogen) atoms. The van der Waals surface area contributed by atoms with E-state index >= 15 is 0 Å². The second-order valence-electron chi connectivity index (χ2n) is 5.05. The average molecular weight is 336 g/mol. The number of fused-ring (bicyclic) bond motifs is 2.